The van der Waals surface area contributed by atoms with Gasteiger partial charge in [-0.15, -0.1) is 10.2 Å². The first kappa shape index (κ1) is 18.2. The number of halogens is 2. The molecular weight excluding hydrogens is 387 g/mol. The maximum atomic E-state index is 13.7. The highest BCUT2D eigenvalue weighted by atomic mass is 35.5. The fourth-order valence-electron chi connectivity index (χ4n) is 2.89. The molecular formula is C20H14ClFN2O4. The van der Waals surface area contributed by atoms with Crippen LogP contribution in [0.4, 0.5) is 4.39 Å². The zero-order chi connectivity index (χ0) is 19.8. The highest BCUT2D eigenvalue weighted by Gasteiger charge is 2.19. The van der Waals surface area contributed by atoms with E-state index < -0.39 is 17.9 Å². The van der Waals surface area contributed by atoms with Crippen molar-refractivity contribution in [2.24, 2.45) is 0 Å². The van der Waals surface area contributed by atoms with Gasteiger partial charge in [-0.05, 0) is 43.3 Å². The van der Waals surface area contributed by atoms with Crippen LogP contribution in [0.5, 0.6) is 0 Å². The summed E-state index contributed by atoms with van der Waals surface area (Å²) in [7, 11) is 0. The van der Waals surface area contributed by atoms with E-state index in [-0.39, 0.29) is 11.8 Å². The highest BCUT2D eigenvalue weighted by molar-refractivity contribution is 6.33. The summed E-state index contributed by atoms with van der Waals surface area (Å²) in [5, 5.41) is 9.07. The van der Waals surface area contributed by atoms with E-state index in [4.69, 9.17) is 25.2 Å². The molecule has 0 fully saturated rings. The normalized spacial score (nSPS) is 12.3. The molecule has 0 aliphatic heterocycles. The Bertz CT molecular complexity index is 1180. The van der Waals surface area contributed by atoms with Crippen LogP contribution >= 0.6 is 11.6 Å². The Balaban J connectivity index is 1.75. The van der Waals surface area contributed by atoms with Crippen LogP contribution in [0.1, 0.15) is 25.8 Å². The Labute approximate surface area is 163 Å². The van der Waals surface area contributed by atoms with E-state index in [1.807, 2.05) is 0 Å². The van der Waals surface area contributed by atoms with Gasteiger partial charge in [0.2, 0.25) is 5.89 Å². The molecule has 1 atom stereocenters. The van der Waals surface area contributed by atoms with Gasteiger partial charge < -0.3 is 13.6 Å². The van der Waals surface area contributed by atoms with Crippen LogP contribution in [0.15, 0.2) is 51.5 Å². The van der Waals surface area contributed by atoms with Crippen LogP contribution in [-0.2, 0) is 9.53 Å². The summed E-state index contributed by atoms with van der Waals surface area (Å²) in [6, 6.07) is 9.45. The maximum absolute atomic E-state index is 13.7. The minimum atomic E-state index is -0.655. The average Bonchev–Trinajstić information content (AvgIpc) is 3.30. The Morgan fingerprint density at radius 1 is 1.18 bits per heavy atom. The zero-order valence-electron chi connectivity index (χ0n) is 14.9. The number of hydrogen-bond donors (Lipinski definition) is 0. The smallest absolute Gasteiger partial charge is 0.303 e. The molecule has 2 aromatic carbocycles. The number of esters is 1. The number of fused-ring (bicyclic) bond motifs is 1. The number of carbonyl (C=O) groups is 1. The number of furan rings is 1. The van der Waals surface area contributed by atoms with Gasteiger partial charge >= 0.3 is 5.97 Å². The standard InChI is InChI=1S/C20H14ClFN2O4/c1-10(27-11(2)25)19-23-24-20(28-19)12-3-6-18-15(7-12)16(9-26-18)14-8-13(22)4-5-17(14)21/h3-10H,1-2H3/t10-/m0/s1. The van der Waals surface area contributed by atoms with Gasteiger partial charge in [0.05, 0.1) is 6.26 Å². The van der Waals surface area contributed by atoms with Gasteiger partial charge in [0.15, 0.2) is 6.10 Å². The average molecular weight is 401 g/mol. The number of hydrogen-bond acceptors (Lipinski definition) is 6. The van der Waals surface area contributed by atoms with Crippen LogP contribution in [0.25, 0.3) is 33.6 Å². The first-order valence-electron chi connectivity index (χ1n) is 8.40. The van der Waals surface area contributed by atoms with Crippen molar-refractivity contribution in [2.75, 3.05) is 0 Å². The lowest BCUT2D eigenvalue weighted by Crippen LogP contribution is -2.04. The number of ether oxygens (including phenoxy) is 1. The first-order valence-corrected chi connectivity index (χ1v) is 8.78. The number of nitrogens with zero attached hydrogens (tertiary/aromatic N) is 2. The fraction of sp³-hybridized carbons (Fsp3) is 0.150. The Morgan fingerprint density at radius 3 is 2.79 bits per heavy atom. The van der Waals surface area contributed by atoms with E-state index in [0.717, 1.165) is 5.39 Å². The van der Waals surface area contributed by atoms with E-state index in [9.17, 15) is 9.18 Å². The van der Waals surface area contributed by atoms with E-state index >= 15 is 0 Å². The van der Waals surface area contributed by atoms with Crippen molar-refractivity contribution in [1.29, 1.82) is 0 Å². The van der Waals surface area contributed by atoms with Crippen LogP contribution in [0, 0.1) is 5.82 Å². The van der Waals surface area contributed by atoms with Gasteiger partial charge in [-0.25, -0.2) is 4.39 Å². The molecule has 0 saturated heterocycles. The van der Waals surface area contributed by atoms with Crippen LogP contribution in [0.3, 0.4) is 0 Å². The van der Waals surface area contributed by atoms with Crippen molar-refractivity contribution >= 4 is 28.5 Å². The van der Waals surface area contributed by atoms with Crippen molar-refractivity contribution in [3.05, 3.63) is 59.4 Å². The molecule has 4 rings (SSSR count). The van der Waals surface area contributed by atoms with Gasteiger partial charge in [-0.3, -0.25) is 4.79 Å². The van der Waals surface area contributed by atoms with Gasteiger partial charge in [-0.2, -0.15) is 0 Å². The number of rotatable bonds is 4. The summed E-state index contributed by atoms with van der Waals surface area (Å²) in [6.07, 6.45) is 0.870. The Morgan fingerprint density at radius 2 is 2.00 bits per heavy atom. The van der Waals surface area contributed by atoms with E-state index in [2.05, 4.69) is 10.2 Å². The van der Waals surface area contributed by atoms with Crippen molar-refractivity contribution in [2.45, 2.75) is 20.0 Å². The summed E-state index contributed by atoms with van der Waals surface area (Å²) in [6.45, 7) is 2.95. The molecule has 0 radical (unpaired) electrons. The molecule has 0 bridgehead atoms. The molecule has 0 N–H and O–H groups in total. The third-order valence-corrected chi connectivity index (χ3v) is 4.50. The quantitative estimate of drug-likeness (QED) is 0.417. The van der Waals surface area contributed by atoms with Crippen LogP contribution in [0.2, 0.25) is 5.02 Å². The third-order valence-electron chi connectivity index (χ3n) is 4.17. The monoisotopic (exact) mass is 400 g/mol. The van der Waals surface area contributed by atoms with E-state index in [1.54, 1.807) is 25.1 Å². The fourth-order valence-corrected chi connectivity index (χ4v) is 3.11. The van der Waals surface area contributed by atoms with Crippen molar-refractivity contribution < 1.29 is 22.8 Å². The molecule has 4 aromatic rings. The Hall–Kier alpha value is -3.19. The molecule has 0 spiro atoms. The number of benzene rings is 2. The SMILES string of the molecule is CC(=O)O[C@@H](C)c1nnc(-c2ccc3occ(-c4cc(F)ccc4Cl)c3c2)o1. The summed E-state index contributed by atoms with van der Waals surface area (Å²) in [5.74, 6) is -0.395. The molecule has 28 heavy (non-hydrogen) atoms. The van der Waals surface area contributed by atoms with Gasteiger partial charge in [-0.1, -0.05) is 11.6 Å². The predicted octanol–water partition coefficient (Wildman–Crippen LogP) is 5.57. The molecule has 0 unspecified atom stereocenters. The van der Waals surface area contributed by atoms with Crippen molar-refractivity contribution in [3.8, 4) is 22.6 Å². The summed E-state index contributed by atoms with van der Waals surface area (Å²) >= 11 is 6.23. The summed E-state index contributed by atoms with van der Waals surface area (Å²) < 4.78 is 29.9. The third kappa shape index (κ3) is 3.36. The molecule has 8 heteroatoms. The molecule has 142 valence electrons. The molecule has 0 amide bonds. The van der Waals surface area contributed by atoms with Crippen LogP contribution < -0.4 is 0 Å². The topological polar surface area (TPSA) is 78.4 Å². The van der Waals surface area contributed by atoms with Gasteiger partial charge in [0.1, 0.15) is 11.4 Å². The second-order valence-electron chi connectivity index (χ2n) is 6.18. The summed E-state index contributed by atoms with van der Waals surface area (Å²) in [5.41, 5.74) is 2.41. The van der Waals surface area contributed by atoms with Gasteiger partial charge in [0.25, 0.3) is 5.89 Å². The predicted molar refractivity (Wildman–Crippen MR) is 100 cm³/mol. The highest BCUT2D eigenvalue weighted by Crippen LogP contribution is 2.37. The Kier molecular flexibility index (Phi) is 4.60. The lowest BCUT2D eigenvalue weighted by Gasteiger charge is -2.06. The summed E-state index contributed by atoms with van der Waals surface area (Å²) in [4.78, 5) is 11.1. The second kappa shape index (κ2) is 7.09. The first-order chi connectivity index (χ1) is 13.4. The zero-order valence-corrected chi connectivity index (χ0v) is 15.7. The molecule has 0 aliphatic carbocycles. The largest absolute Gasteiger partial charge is 0.464 e. The van der Waals surface area contributed by atoms with Crippen LogP contribution in [-0.4, -0.2) is 16.2 Å². The van der Waals surface area contributed by atoms with E-state index in [0.29, 0.717) is 27.3 Å². The molecule has 2 aromatic heterocycles. The maximum Gasteiger partial charge on any atom is 0.303 e. The minimum absolute atomic E-state index is 0.186. The molecule has 2 heterocycles. The number of carbonyl (C=O) groups excluding carboxylic acids is 1. The number of aromatic nitrogens is 2. The lowest BCUT2D eigenvalue weighted by atomic mass is 10.0. The van der Waals surface area contributed by atoms with Crippen molar-refractivity contribution in [3.63, 3.8) is 0 Å². The lowest BCUT2D eigenvalue weighted by molar-refractivity contribution is -0.146. The van der Waals surface area contributed by atoms with E-state index in [1.165, 1.54) is 31.4 Å². The minimum Gasteiger partial charge on any atom is -0.464 e. The second-order valence-corrected chi connectivity index (χ2v) is 6.59. The molecule has 6 nitrogen and oxygen atoms in total. The van der Waals surface area contributed by atoms with Gasteiger partial charge in [0, 0.05) is 34.0 Å². The molecule has 0 saturated carbocycles. The van der Waals surface area contributed by atoms with Crippen molar-refractivity contribution in [1.82, 2.24) is 10.2 Å². The molecule has 0 aliphatic rings.